The Balaban J connectivity index is 1.68. The van der Waals surface area contributed by atoms with E-state index >= 15 is 0 Å². The maximum atomic E-state index is 13.1. The van der Waals surface area contributed by atoms with Crippen LogP contribution in [0, 0.1) is 5.41 Å². The molecule has 37 heavy (non-hydrogen) atoms. The summed E-state index contributed by atoms with van der Waals surface area (Å²) in [5.74, 6) is -0.567. The van der Waals surface area contributed by atoms with Crippen LogP contribution in [-0.2, 0) is 10.8 Å². The van der Waals surface area contributed by atoms with E-state index in [1.807, 2.05) is 10.6 Å². The van der Waals surface area contributed by atoms with Gasteiger partial charge >= 0.3 is 5.97 Å². The minimum absolute atomic E-state index is 0.0713. The maximum absolute atomic E-state index is 13.1. The Kier molecular flexibility index (Phi) is 6.44. The third-order valence-corrected chi connectivity index (χ3v) is 13.0. The average Bonchev–Trinajstić information content (AvgIpc) is 3.56. The topological polar surface area (TPSA) is 77.8 Å². The number of benzene rings is 1. The fourth-order valence-electron chi connectivity index (χ4n) is 5.32. The predicted octanol–water partition coefficient (Wildman–Crippen LogP) is 7.42. The first-order valence-corrected chi connectivity index (χ1v) is 16.9. The summed E-state index contributed by atoms with van der Waals surface area (Å²) >= 11 is 1.78. The van der Waals surface area contributed by atoms with E-state index < -0.39 is 19.7 Å². The van der Waals surface area contributed by atoms with Crippen LogP contribution in [0.15, 0.2) is 29.2 Å². The summed E-state index contributed by atoms with van der Waals surface area (Å²) < 4.78 is 14.8. The predicted molar refractivity (Wildman–Crippen MR) is 152 cm³/mol. The molecule has 0 spiro atoms. The van der Waals surface area contributed by atoms with E-state index in [0.29, 0.717) is 22.2 Å². The standard InChI is InChI=1S/C29H37NO5SSi/c1-16(2)37(6,7)35-22-13-29(3,4)14-24-20(22)12-23(36-24)18-10-11-19-25(27(18)34-5)30(17-8-9-17)15-21(26(19)31)28(32)33/h10-12,15-17,22H,8-9,13-14H2,1-7H3,(H,32,33). The SMILES string of the molecule is COc1c(-c2cc3c(s2)CC(C)(C)CC3O[Si](C)(C)C(C)C)ccc2c(=O)c(C(=O)O)cn(C3CC3)c12. The summed E-state index contributed by atoms with van der Waals surface area (Å²) in [5, 5.41) is 10.0. The molecule has 0 bridgehead atoms. The Morgan fingerprint density at radius 1 is 1.24 bits per heavy atom. The Labute approximate surface area is 223 Å². The lowest BCUT2D eigenvalue weighted by molar-refractivity contribution is 0.0694. The van der Waals surface area contributed by atoms with Crippen molar-refractivity contribution in [2.45, 2.75) is 84.2 Å². The second kappa shape index (κ2) is 9.10. The van der Waals surface area contributed by atoms with E-state index in [1.165, 1.54) is 16.6 Å². The molecular formula is C29H37NO5SSi. The van der Waals surface area contributed by atoms with Crippen LogP contribution in [0.2, 0.25) is 18.6 Å². The van der Waals surface area contributed by atoms with Crippen LogP contribution in [0.5, 0.6) is 5.75 Å². The third kappa shape index (κ3) is 4.68. The van der Waals surface area contributed by atoms with E-state index in [-0.39, 0.29) is 23.1 Å². The molecule has 2 aromatic heterocycles. The van der Waals surface area contributed by atoms with E-state index in [1.54, 1.807) is 24.5 Å². The molecular weight excluding hydrogens is 502 g/mol. The molecule has 3 aromatic rings. The number of ether oxygens (including phenoxy) is 1. The second-order valence-corrected chi connectivity index (χ2v) is 18.0. The van der Waals surface area contributed by atoms with Crippen molar-refractivity contribution in [1.29, 1.82) is 0 Å². The first kappa shape index (κ1) is 26.2. The van der Waals surface area contributed by atoms with Crippen molar-refractivity contribution < 1.29 is 19.1 Å². The molecule has 0 saturated heterocycles. The van der Waals surface area contributed by atoms with Crippen LogP contribution in [0.4, 0.5) is 0 Å². The number of hydrogen-bond donors (Lipinski definition) is 1. The molecule has 2 aliphatic rings. The molecule has 1 atom stereocenters. The Morgan fingerprint density at radius 3 is 2.54 bits per heavy atom. The number of carbonyl (C=O) groups is 1. The highest BCUT2D eigenvalue weighted by atomic mass is 32.1. The van der Waals surface area contributed by atoms with Crippen LogP contribution >= 0.6 is 11.3 Å². The first-order valence-electron chi connectivity index (χ1n) is 13.1. The minimum atomic E-state index is -1.86. The lowest BCUT2D eigenvalue weighted by atomic mass is 9.76. The van der Waals surface area contributed by atoms with Gasteiger partial charge in [0.1, 0.15) is 5.56 Å². The highest BCUT2D eigenvalue weighted by Crippen LogP contribution is 2.51. The van der Waals surface area contributed by atoms with Crippen molar-refractivity contribution >= 4 is 36.5 Å². The van der Waals surface area contributed by atoms with Gasteiger partial charge in [-0.25, -0.2) is 4.79 Å². The van der Waals surface area contributed by atoms with Crippen molar-refractivity contribution in [3.8, 4) is 16.2 Å². The molecule has 198 valence electrons. The normalized spacial score (nSPS) is 19.3. The van der Waals surface area contributed by atoms with Gasteiger partial charge < -0.3 is 18.8 Å². The van der Waals surface area contributed by atoms with Crippen LogP contribution in [0.3, 0.4) is 0 Å². The van der Waals surface area contributed by atoms with Gasteiger partial charge in [-0.2, -0.15) is 0 Å². The first-order chi connectivity index (χ1) is 17.3. The number of carboxylic acids is 1. The number of rotatable bonds is 7. The van der Waals surface area contributed by atoms with Crippen LogP contribution < -0.4 is 10.2 Å². The average molecular weight is 540 g/mol. The molecule has 1 saturated carbocycles. The summed E-state index contributed by atoms with van der Waals surface area (Å²) in [4.78, 5) is 27.3. The quantitative estimate of drug-likeness (QED) is 0.316. The van der Waals surface area contributed by atoms with E-state index in [2.05, 4.69) is 46.9 Å². The molecule has 1 unspecified atom stereocenters. The van der Waals surface area contributed by atoms with E-state index in [9.17, 15) is 14.7 Å². The minimum Gasteiger partial charge on any atom is -0.494 e. The molecule has 0 radical (unpaired) electrons. The van der Waals surface area contributed by atoms with Gasteiger partial charge in [0.2, 0.25) is 5.43 Å². The molecule has 2 aliphatic carbocycles. The molecule has 0 amide bonds. The Bertz CT molecular complexity index is 1450. The van der Waals surface area contributed by atoms with Crippen LogP contribution in [0.25, 0.3) is 21.3 Å². The fourth-order valence-corrected chi connectivity index (χ4v) is 8.03. The molecule has 1 fully saturated rings. The van der Waals surface area contributed by atoms with Gasteiger partial charge in [-0.3, -0.25) is 4.79 Å². The molecule has 0 aliphatic heterocycles. The van der Waals surface area contributed by atoms with Crippen LogP contribution in [-0.4, -0.2) is 31.1 Å². The van der Waals surface area contributed by atoms with Crippen molar-refractivity contribution in [1.82, 2.24) is 4.57 Å². The van der Waals surface area contributed by atoms with Gasteiger partial charge in [-0.15, -0.1) is 11.3 Å². The highest BCUT2D eigenvalue weighted by molar-refractivity contribution is 7.15. The smallest absolute Gasteiger partial charge is 0.341 e. The van der Waals surface area contributed by atoms with Gasteiger partial charge in [0.25, 0.3) is 0 Å². The zero-order valence-corrected chi connectivity index (χ0v) is 24.6. The zero-order chi connectivity index (χ0) is 26.9. The molecule has 5 rings (SSSR count). The fraction of sp³-hybridized carbons (Fsp3) is 0.517. The number of fused-ring (bicyclic) bond motifs is 2. The number of methoxy groups -OCH3 is 1. The van der Waals surface area contributed by atoms with Crippen molar-refractivity contribution in [3.05, 3.63) is 50.6 Å². The highest BCUT2D eigenvalue weighted by Gasteiger charge is 2.39. The number of aromatic carboxylic acids is 1. The van der Waals surface area contributed by atoms with Crippen molar-refractivity contribution in [2.24, 2.45) is 5.41 Å². The lowest BCUT2D eigenvalue weighted by Gasteiger charge is -2.40. The number of pyridine rings is 1. The summed E-state index contributed by atoms with van der Waals surface area (Å²) in [6, 6.07) is 6.13. The van der Waals surface area contributed by atoms with Gasteiger partial charge in [0.15, 0.2) is 14.1 Å². The largest absolute Gasteiger partial charge is 0.494 e. The summed E-state index contributed by atoms with van der Waals surface area (Å²) in [6.07, 6.45) is 5.49. The molecule has 1 N–H and O–H groups in total. The second-order valence-electron chi connectivity index (χ2n) is 12.3. The van der Waals surface area contributed by atoms with Gasteiger partial charge in [-0.1, -0.05) is 27.7 Å². The zero-order valence-electron chi connectivity index (χ0n) is 22.8. The monoisotopic (exact) mass is 539 g/mol. The number of carboxylic acid groups (broad SMARTS) is 1. The molecule has 2 heterocycles. The lowest BCUT2D eigenvalue weighted by Crippen LogP contribution is -2.38. The van der Waals surface area contributed by atoms with Crippen molar-refractivity contribution in [3.63, 3.8) is 0 Å². The summed E-state index contributed by atoms with van der Waals surface area (Å²) in [5.41, 5.74) is 2.91. The van der Waals surface area contributed by atoms with E-state index in [4.69, 9.17) is 9.16 Å². The number of hydrogen-bond acceptors (Lipinski definition) is 5. The van der Waals surface area contributed by atoms with Crippen molar-refractivity contribution in [2.75, 3.05) is 7.11 Å². The van der Waals surface area contributed by atoms with Crippen LogP contribution in [0.1, 0.15) is 79.9 Å². The molecule has 6 nitrogen and oxygen atoms in total. The Morgan fingerprint density at radius 2 is 1.95 bits per heavy atom. The number of aromatic nitrogens is 1. The third-order valence-electron chi connectivity index (χ3n) is 8.19. The molecule has 8 heteroatoms. The number of nitrogens with zero attached hydrogens (tertiary/aromatic N) is 1. The summed E-state index contributed by atoms with van der Waals surface area (Å²) in [6.45, 7) is 13.8. The Hall–Kier alpha value is -2.42. The van der Waals surface area contributed by atoms with Gasteiger partial charge in [0, 0.05) is 27.6 Å². The molecule has 1 aromatic carbocycles. The van der Waals surface area contributed by atoms with Gasteiger partial charge in [0.05, 0.1) is 24.1 Å². The van der Waals surface area contributed by atoms with E-state index in [0.717, 1.165) is 36.1 Å². The summed E-state index contributed by atoms with van der Waals surface area (Å²) in [7, 11) is -0.234. The maximum Gasteiger partial charge on any atom is 0.341 e. The van der Waals surface area contributed by atoms with Gasteiger partial charge in [-0.05, 0) is 73.5 Å². The number of thiophene rings is 1.